The lowest BCUT2D eigenvalue weighted by atomic mass is 10.0. The Labute approximate surface area is 233 Å². The van der Waals surface area contributed by atoms with Crippen molar-refractivity contribution >= 4 is 34.9 Å². The lowest BCUT2D eigenvalue weighted by molar-refractivity contribution is -0.137. The van der Waals surface area contributed by atoms with Gasteiger partial charge >= 0.3 is 6.18 Å². The Morgan fingerprint density at radius 2 is 1.88 bits per heavy atom. The highest BCUT2D eigenvalue weighted by molar-refractivity contribution is 6.19. The molecule has 2 aliphatic rings. The number of amidine groups is 1. The van der Waals surface area contributed by atoms with Gasteiger partial charge < -0.3 is 25.4 Å². The highest BCUT2D eigenvalue weighted by Gasteiger charge is 2.33. The topological polar surface area (TPSA) is 145 Å². The number of carbonyl (C=O) groups is 1. The van der Waals surface area contributed by atoms with Gasteiger partial charge in [0.05, 0.1) is 28.8 Å². The number of aromatic nitrogens is 1. The molecule has 41 heavy (non-hydrogen) atoms. The fourth-order valence-corrected chi connectivity index (χ4v) is 4.45. The first-order valence-corrected chi connectivity index (χ1v) is 12.8. The van der Waals surface area contributed by atoms with Crippen LogP contribution in [0.25, 0.3) is 0 Å². The maximum absolute atomic E-state index is 13.4. The van der Waals surface area contributed by atoms with Gasteiger partial charge in [-0.25, -0.2) is 9.98 Å². The van der Waals surface area contributed by atoms with Crippen molar-refractivity contribution in [2.45, 2.75) is 31.3 Å². The number of benzene rings is 2. The van der Waals surface area contributed by atoms with Gasteiger partial charge in [-0.2, -0.15) is 13.2 Å². The molecule has 3 heterocycles. The number of nitrogens with zero attached hydrogens (tertiary/aromatic N) is 2. The predicted molar refractivity (Wildman–Crippen MR) is 146 cm³/mol. The number of amides is 1. The number of benzodiazepines with no additional fused rings is 1. The summed E-state index contributed by atoms with van der Waals surface area (Å²) in [6.45, 7) is 0.773. The highest BCUT2D eigenvalue weighted by atomic mass is 19.4. The van der Waals surface area contributed by atoms with Gasteiger partial charge in [-0.05, 0) is 25.0 Å². The van der Waals surface area contributed by atoms with Gasteiger partial charge in [0.25, 0.3) is 11.9 Å². The second-order valence-corrected chi connectivity index (χ2v) is 9.32. The minimum Gasteiger partial charge on any atom is -0.405 e. The molecule has 5 rings (SSSR count). The van der Waals surface area contributed by atoms with E-state index in [1.807, 2.05) is 42.5 Å². The molecule has 0 saturated carbocycles. The molecule has 1 aromatic heterocycles. The van der Waals surface area contributed by atoms with E-state index in [4.69, 9.17) is 20.3 Å². The Morgan fingerprint density at radius 3 is 2.61 bits per heavy atom. The summed E-state index contributed by atoms with van der Waals surface area (Å²) >= 11 is 0. The zero-order valence-corrected chi connectivity index (χ0v) is 21.6. The van der Waals surface area contributed by atoms with Gasteiger partial charge in [0.2, 0.25) is 12.1 Å². The van der Waals surface area contributed by atoms with Gasteiger partial charge in [0.15, 0.2) is 0 Å². The number of anilines is 2. The normalized spacial score (nSPS) is 18.4. The van der Waals surface area contributed by atoms with E-state index in [9.17, 15) is 18.0 Å². The van der Waals surface area contributed by atoms with Crippen molar-refractivity contribution in [2.75, 3.05) is 23.8 Å². The van der Waals surface area contributed by atoms with Crippen molar-refractivity contribution in [3.63, 3.8) is 0 Å². The van der Waals surface area contributed by atoms with Crippen LogP contribution in [0.15, 0.2) is 71.9 Å². The van der Waals surface area contributed by atoms with Crippen LogP contribution in [0.3, 0.4) is 0 Å². The summed E-state index contributed by atoms with van der Waals surface area (Å²) in [7, 11) is 0. The van der Waals surface area contributed by atoms with Crippen molar-refractivity contribution in [3.8, 4) is 0 Å². The average molecular weight is 566 g/mol. The molecule has 2 aromatic carbocycles. The van der Waals surface area contributed by atoms with Crippen molar-refractivity contribution < 1.29 is 27.4 Å². The molecule has 1 amide bonds. The zero-order chi connectivity index (χ0) is 29.0. The molecule has 1 fully saturated rings. The number of hydrogen-bond acceptors (Lipinski definition) is 8. The van der Waals surface area contributed by atoms with Crippen LogP contribution in [-0.2, 0) is 20.4 Å². The Kier molecular flexibility index (Phi) is 7.97. The number of hydrogen-bond donors (Lipinski definition) is 5. The van der Waals surface area contributed by atoms with Crippen LogP contribution in [0, 0.1) is 10.8 Å². The lowest BCUT2D eigenvalue weighted by Crippen LogP contribution is -2.43. The van der Waals surface area contributed by atoms with E-state index in [2.05, 4.69) is 25.9 Å². The average Bonchev–Trinajstić information content (AvgIpc) is 3.43. The number of carbonyl (C=O) groups excluding carboxylic acids is 1. The van der Waals surface area contributed by atoms with Crippen LogP contribution < -0.4 is 16.0 Å². The molecule has 13 heteroatoms. The fraction of sp³-hybridized carbons (Fsp3) is 0.250. The molecule has 212 valence electrons. The van der Waals surface area contributed by atoms with Crippen LogP contribution in [0.2, 0.25) is 0 Å². The molecule has 2 atom stereocenters. The van der Waals surface area contributed by atoms with Crippen LogP contribution in [0.4, 0.5) is 24.5 Å². The first kappa shape index (κ1) is 27.8. The summed E-state index contributed by atoms with van der Waals surface area (Å²) in [4.78, 5) is 21.4. The molecular weight excluding hydrogens is 539 g/mol. The second-order valence-electron chi connectivity index (χ2n) is 9.32. The molecule has 0 bridgehead atoms. The second kappa shape index (κ2) is 11.8. The van der Waals surface area contributed by atoms with E-state index in [-0.39, 0.29) is 24.0 Å². The number of fused-ring (bicyclic) bond motifs is 1. The van der Waals surface area contributed by atoms with Crippen molar-refractivity contribution in [1.82, 2.24) is 10.3 Å². The number of rotatable bonds is 6. The fourth-order valence-electron chi connectivity index (χ4n) is 4.45. The van der Waals surface area contributed by atoms with Gasteiger partial charge in [-0.15, -0.1) is 0 Å². The lowest BCUT2D eigenvalue weighted by Gasteiger charge is -2.18. The van der Waals surface area contributed by atoms with E-state index in [1.165, 1.54) is 0 Å². The molecular formula is C28H26F3N7O3. The number of pyridine rings is 1. The van der Waals surface area contributed by atoms with Crippen LogP contribution in [0.5, 0.6) is 0 Å². The molecule has 2 aliphatic heterocycles. The third kappa shape index (κ3) is 6.52. The first-order valence-electron chi connectivity index (χ1n) is 12.8. The minimum absolute atomic E-state index is 0.0971. The van der Waals surface area contributed by atoms with E-state index in [0.29, 0.717) is 29.8 Å². The molecule has 0 aliphatic carbocycles. The summed E-state index contributed by atoms with van der Waals surface area (Å²) in [5, 5.41) is 24.8. The Balaban J connectivity index is 1.35. The van der Waals surface area contributed by atoms with Crippen LogP contribution in [-0.4, -0.2) is 53.9 Å². The smallest absolute Gasteiger partial charge is 0.405 e. The van der Waals surface area contributed by atoms with E-state index < -0.39 is 35.7 Å². The number of alkyl halides is 3. The number of para-hydroxylation sites is 1. The maximum atomic E-state index is 13.4. The summed E-state index contributed by atoms with van der Waals surface area (Å²) in [6.07, 6.45) is -3.97. The number of aliphatic imine (C=N–C) groups is 1. The molecule has 5 N–H and O–H groups in total. The maximum Gasteiger partial charge on any atom is 0.417 e. The Bertz CT molecular complexity index is 1490. The summed E-state index contributed by atoms with van der Waals surface area (Å²) in [5.74, 6) is -1.27. The number of nitrogens with one attached hydrogen (secondary N) is 5. The van der Waals surface area contributed by atoms with Gasteiger partial charge in [-0.1, -0.05) is 48.5 Å². The molecule has 0 radical (unpaired) electrons. The van der Waals surface area contributed by atoms with E-state index in [1.54, 1.807) is 12.1 Å². The predicted octanol–water partition coefficient (Wildman–Crippen LogP) is 4.37. The third-order valence-corrected chi connectivity index (χ3v) is 6.44. The largest absolute Gasteiger partial charge is 0.417 e. The van der Waals surface area contributed by atoms with E-state index >= 15 is 0 Å². The minimum atomic E-state index is -4.65. The van der Waals surface area contributed by atoms with Gasteiger partial charge in [-0.3, -0.25) is 15.6 Å². The first-order chi connectivity index (χ1) is 19.7. The van der Waals surface area contributed by atoms with Crippen LogP contribution in [0.1, 0.15) is 35.2 Å². The Hall–Kier alpha value is -4.78. The zero-order valence-electron chi connectivity index (χ0n) is 21.6. The number of halogens is 3. The van der Waals surface area contributed by atoms with Crippen LogP contribution >= 0.6 is 0 Å². The summed E-state index contributed by atoms with van der Waals surface area (Å²) in [6, 6.07) is 16.4. The van der Waals surface area contributed by atoms with Crippen molar-refractivity contribution in [3.05, 3.63) is 89.2 Å². The highest BCUT2D eigenvalue weighted by Crippen LogP contribution is 2.31. The quantitative estimate of drug-likeness (QED) is 0.222. The summed E-state index contributed by atoms with van der Waals surface area (Å²) < 4.78 is 50.9. The van der Waals surface area contributed by atoms with Crippen molar-refractivity contribution in [2.24, 2.45) is 4.99 Å². The molecule has 0 unspecified atom stereocenters. The molecule has 0 spiro atoms. The third-order valence-electron chi connectivity index (χ3n) is 6.44. The summed E-state index contributed by atoms with van der Waals surface area (Å²) in [5.41, 5.74) is 1.08. The van der Waals surface area contributed by atoms with Gasteiger partial charge in [0, 0.05) is 30.5 Å². The molecule has 1 saturated heterocycles. The van der Waals surface area contributed by atoms with Gasteiger partial charge in [0.1, 0.15) is 5.69 Å². The number of ether oxygens (including phenoxy) is 2. The monoisotopic (exact) mass is 565 g/mol. The Morgan fingerprint density at radius 1 is 1.12 bits per heavy atom. The standard InChI is InChI=1S/C28H26F3N7O3/c29-28(30,31)17-13-21(34-15-18-9-6-12-40-18)23(35-14-17)24(32)41-27(33)38-25-26(39)36-20-11-5-4-10-19(20)22(37-25)16-7-2-1-3-8-16/h1-5,7-8,10-11,13-14,18,25,32,34H,6,9,12,15H2,(H2,33,38)(H,36,39)/t18-,25-/m1/s1. The molecule has 3 aromatic rings. The SMILES string of the molecule is N=C(N[C@H]1N=C(c2ccccc2)c2ccccc2NC1=O)OC(=N)c1ncc(C(F)(F)F)cc1NC[C@H]1CCCO1. The molecule has 10 nitrogen and oxygen atoms in total. The van der Waals surface area contributed by atoms with E-state index in [0.717, 1.165) is 24.5 Å². The van der Waals surface area contributed by atoms with Crippen molar-refractivity contribution in [1.29, 1.82) is 10.8 Å².